The molecule has 0 aromatic heterocycles. The van der Waals surface area contributed by atoms with Crippen molar-refractivity contribution < 1.29 is 13.2 Å². The van der Waals surface area contributed by atoms with Gasteiger partial charge in [0.1, 0.15) is 0 Å². The van der Waals surface area contributed by atoms with Gasteiger partial charge in [-0.1, -0.05) is 13.3 Å². The molecule has 0 amide bonds. The van der Waals surface area contributed by atoms with E-state index in [0.717, 1.165) is 32.4 Å². The quantitative estimate of drug-likeness (QED) is 0.776. The van der Waals surface area contributed by atoms with Crippen LogP contribution in [0.3, 0.4) is 0 Å². The largest absolute Gasteiger partial charge is 0.377 e. The lowest BCUT2D eigenvalue weighted by Gasteiger charge is -2.20. The molecule has 3 unspecified atom stereocenters. The highest BCUT2D eigenvalue weighted by Crippen LogP contribution is 2.29. The molecule has 1 heterocycles. The van der Waals surface area contributed by atoms with Crippen molar-refractivity contribution in [3.63, 3.8) is 0 Å². The smallest absolute Gasteiger partial charge is 0.152 e. The molecule has 3 atom stereocenters. The molecule has 1 aliphatic carbocycles. The van der Waals surface area contributed by atoms with Crippen molar-refractivity contribution in [1.29, 1.82) is 0 Å². The van der Waals surface area contributed by atoms with Gasteiger partial charge in [-0.2, -0.15) is 0 Å². The second kappa shape index (κ2) is 7.04. The average Bonchev–Trinajstić information content (AvgIpc) is 2.98. The fraction of sp³-hybridized carbons (Fsp3) is 1.00. The lowest BCUT2D eigenvalue weighted by molar-refractivity contribution is 0.127. The van der Waals surface area contributed by atoms with Crippen molar-refractivity contribution >= 4 is 9.84 Å². The minimum absolute atomic E-state index is 0.0434. The molecular weight excluding hydrogens is 262 g/mol. The van der Waals surface area contributed by atoms with E-state index in [2.05, 4.69) is 12.2 Å². The van der Waals surface area contributed by atoms with Crippen molar-refractivity contribution in [3.8, 4) is 0 Å². The van der Waals surface area contributed by atoms with E-state index in [4.69, 9.17) is 4.74 Å². The Morgan fingerprint density at radius 1 is 1.21 bits per heavy atom. The Balaban J connectivity index is 1.76. The topological polar surface area (TPSA) is 55.4 Å². The number of ether oxygens (including phenoxy) is 1. The third-order valence-electron chi connectivity index (χ3n) is 4.39. The lowest BCUT2D eigenvalue weighted by Crippen LogP contribution is -2.33. The summed E-state index contributed by atoms with van der Waals surface area (Å²) in [5.74, 6) is 1.10. The van der Waals surface area contributed by atoms with Crippen LogP contribution >= 0.6 is 0 Å². The summed E-state index contributed by atoms with van der Waals surface area (Å²) < 4.78 is 29.6. The molecule has 5 heteroatoms. The van der Waals surface area contributed by atoms with Crippen LogP contribution in [0.1, 0.15) is 45.4 Å². The number of hydrogen-bond acceptors (Lipinski definition) is 4. The van der Waals surface area contributed by atoms with Gasteiger partial charge in [0.25, 0.3) is 0 Å². The lowest BCUT2D eigenvalue weighted by atomic mass is 10.0. The van der Waals surface area contributed by atoms with Crippen molar-refractivity contribution in [3.05, 3.63) is 0 Å². The van der Waals surface area contributed by atoms with Crippen LogP contribution in [0.15, 0.2) is 0 Å². The fourth-order valence-electron chi connectivity index (χ4n) is 3.39. The van der Waals surface area contributed by atoms with Crippen LogP contribution in [0.5, 0.6) is 0 Å². The van der Waals surface area contributed by atoms with Gasteiger partial charge < -0.3 is 10.1 Å². The summed E-state index contributed by atoms with van der Waals surface area (Å²) in [5.41, 5.74) is 0. The van der Waals surface area contributed by atoms with Crippen molar-refractivity contribution in [2.45, 2.75) is 57.6 Å². The Bertz CT molecular complexity index is 363. The SMILES string of the molecule is CCNC1CCCC1CCS(=O)(=O)CC1CCCO1. The Morgan fingerprint density at radius 3 is 2.74 bits per heavy atom. The molecule has 0 spiro atoms. The Hall–Kier alpha value is -0.130. The second-order valence-electron chi connectivity index (χ2n) is 5.89. The van der Waals surface area contributed by atoms with Crippen LogP contribution in [-0.4, -0.2) is 45.2 Å². The first-order valence-electron chi connectivity index (χ1n) is 7.66. The molecule has 1 saturated carbocycles. The average molecular weight is 289 g/mol. The van der Waals surface area contributed by atoms with E-state index in [-0.39, 0.29) is 11.9 Å². The fourth-order valence-corrected chi connectivity index (χ4v) is 5.04. The zero-order valence-corrected chi connectivity index (χ0v) is 12.8. The minimum atomic E-state index is -2.94. The molecule has 0 aromatic rings. The van der Waals surface area contributed by atoms with E-state index in [1.807, 2.05) is 0 Å². The van der Waals surface area contributed by atoms with Gasteiger partial charge >= 0.3 is 0 Å². The third-order valence-corrected chi connectivity index (χ3v) is 6.13. The van der Waals surface area contributed by atoms with Crippen LogP contribution in [-0.2, 0) is 14.6 Å². The number of hydrogen-bond donors (Lipinski definition) is 1. The molecule has 0 bridgehead atoms. The Labute approximate surface area is 117 Å². The van der Waals surface area contributed by atoms with Gasteiger partial charge in [0, 0.05) is 12.6 Å². The number of sulfone groups is 1. The molecule has 1 N–H and O–H groups in total. The van der Waals surface area contributed by atoms with Crippen LogP contribution in [0.2, 0.25) is 0 Å². The molecule has 19 heavy (non-hydrogen) atoms. The number of nitrogens with one attached hydrogen (secondary N) is 1. The molecule has 4 nitrogen and oxygen atoms in total. The molecule has 1 saturated heterocycles. The standard InChI is InChI=1S/C14H27NO3S/c1-2-15-14-7-3-5-12(14)8-10-19(16,17)11-13-6-4-9-18-13/h12-15H,2-11H2,1H3. The van der Waals surface area contributed by atoms with E-state index in [0.29, 0.717) is 17.7 Å². The Kier molecular flexibility index (Phi) is 5.66. The minimum Gasteiger partial charge on any atom is -0.377 e. The predicted molar refractivity (Wildman–Crippen MR) is 77.1 cm³/mol. The molecule has 0 radical (unpaired) electrons. The molecule has 112 valence electrons. The maximum absolute atomic E-state index is 12.1. The molecule has 0 aromatic carbocycles. The normalized spacial score (nSPS) is 31.9. The molecular formula is C14H27NO3S. The van der Waals surface area contributed by atoms with E-state index >= 15 is 0 Å². The van der Waals surface area contributed by atoms with E-state index < -0.39 is 9.84 Å². The monoisotopic (exact) mass is 289 g/mol. The van der Waals surface area contributed by atoms with Crippen LogP contribution < -0.4 is 5.32 Å². The van der Waals surface area contributed by atoms with Crippen molar-refractivity contribution in [2.24, 2.45) is 5.92 Å². The maximum Gasteiger partial charge on any atom is 0.152 e. The highest BCUT2D eigenvalue weighted by atomic mass is 32.2. The summed E-state index contributed by atoms with van der Waals surface area (Å²) in [7, 11) is -2.94. The predicted octanol–water partition coefficient (Wildman–Crippen LogP) is 1.75. The summed E-state index contributed by atoms with van der Waals surface area (Å²) in [6.45, 7) is 3.82. The molecule has 2 fully saturated rings. The molecule has 2 aliphatic rings. The summed E-state index contributed by atoms with van der Waals surface area (Å²) in [4.78, 5) is 0. The van der Waals surface area contributed by atoms with Gasteiger partial charge in [-0.25, -0.2) is 8.42 Å². The molecule has 1 aliphatic heterocycles. The van der Waals surface area contributed by atoms with E-state index in [1.165, 1.54) is 19.3 Å². The second-order valence-corrected chi connectivity index (χ2v) is 8.12. The van der Waals surface area contributed by atoms with Gasteiger partial charge in [0.15, 0.2) is 9.84 Å². The zero-order chi connectivity index (χ0) is 13.7. The third kappa shape index (κ3) is 4.72. The van der Waals surface area contributed by atoms with E-state index in [1.54, 1.807) is 0 Å². The first-order chi connectivity index (χ1) is 9.11. The summed E-state index contributed by atoms with van der Waals surface area (Å²) >= 11 is 0. The van der Waals surface area contributed by atoms with Crippen molar-refractivity contribution in [2.75, 3.05) is 24.7 Å². The van der Waals surface area contributed by atoms with Gasteiger partial charge in [-0.05, 0) is 44.6 Å². The van der Waals surface area contributed by atoms with Crippen LogP contribution in [0, 0.1) is 5.92 Å². The molecule has 2 rings (SSSR count). The summed E-state index contributed by atoms with van der Waals surface area (Å²) in [6, 6.07) is 0.530. The first kappa shape index (κ1) is 15.3. The van der Waals surface area contributed by atoms with Crippen LogP contribution in [0.25, 0.3) is 0 Å². The van der Waals surface area contributed by atoms with Gasteiger partial charge in [-0.3, -0.25) is 0 Å². The number of rotatable bonds is 7. The van der Waals surface area contributed by atoms with Gasteiger partial charge in [0.2, 0.25) is 0 Å². The van der Waals surface area contributed by atoms with Gasteiger partial charge in [0.05, 0.1) is 17.6 Å². The zero-order valence-electron chi connectivity index (χ0n) is 11.9. The highest BCUT2D eigenvalue weighted by Gasteiger charge is 2.29. The van der Waals surface area contributed by atoms with Crippen LogP contribution in [0.4, 0.5) is 0 Å². The first-order valence-corrected chi connectivity index (χ1v) is 9.48. The Morgan fingerprint density at radius 2 is 2.05 bits per heavy atom. The maximum atomic E-state index is 12.1. The van der Waals surface area contributed by atoms with E-state index in [9.17, 15) is 8.42 Å². The van der Waals surface area contributed by atoms with Crippen molar-refractivity contribution in [1.82, 2.24) is 5.32 Å². The highest BCUT2D eigenvalue weighted by molar-refractivity contribution is 7.91. The summed E-state index contributed by atoms with van der Waals surface area (Å²) in [6.07, 6.45) is 6.28. The van der Waals surface area contributed by atoms with Gasteiger partial charge in [-0.15, -0.1) is 0 Å². The summed E-state index contributed by atoms with van der Waals surface area (Å²) in [5, 5.41) is 3.48.